The van der Waals surface area contributed by atoms with Gasteiger partial charge in [0.25, 0.3) is 0 Å². The zero-order chi connectivity index (χ0) is 13.7. The van der Waals surface area contributed by atoms with Crippen LogP contribution in [0, 0.1) is 0 Å². The van der Waals surface area contributed by atoms with E-state index in [1.54, 1.807) is 7.11 Å². The predicted octanol–water partition coefficient (Wildman–Crippen LogP) is 2.48. The van der Waals surface area contributed by atoms with Crippen LogP contribution in [0.2, 0.25) is 0 Å². The summed E-state index contributed by atoms with van der Waals surface area (Å²) in [7, 11) is 5.97. The lowest BCUT2D eigenvalue weighted by atomic mass is 10.0. The van der Waals surface area contributed by atoms with Crippen molar-refractivity contribution in [1.29, 1.82) is 0 Å². The smallest absolute Gasteiger partial charge is 0.119 e. The standard InChI is InChI=1S/C16H24N2O/c1-17(2)9-4-10-18-11-7-14-5-6-16(19-3)13-15(14)8-12-18/h5-7,11,13H,4,8-10,12H2,1-3H3. The van der Waals surface area contributed by atoms with E-state index in [1.807, 2.05) is 6.07 Å². The Kier molecular flexibility index (Phi) is 4.86. The minimum atomic E-state index is 0.952. The van der Waals surface area contributed by atoms with Gasteiger partial charge < -0.3 is 14.5 Å². The molecule has 3 heteroatoms. The highest BCUT2D eigenvalue weighted by Gasteiger charge is 2.09. The Morgan fingerprint density at radius 3 is 2.89 bits per heavy atom. The first-order valence-electron chi connectivity index (χ1n) is 6.93. The minimum absolute atomic E-state index is 0.952. The zero-order valence-electron chi connectivity index (χ0n) is 12.2. The third kappa shape index (κ3) is 4.00. The SMILES string of the molecule is COc1ccc2c(c1)CCN(CCCN(C)C)C=C2. The maximum Gasteiger partial charge on any atom is 0.119 e. The molecule has 1 aromatic carbocycles. The molecule has 1 heterocycles. The fourth-order valence-electron chi connectivity index (χ4n) is 2.39. The third-order valence-electron chi connectivity index (χ3n) is 3.53. The molecule has 0 saturated carbocycles. The first-order chi connectivity index (χ1) is 9.19. The van der Waals surface area contributed by atoms with Gasteiger partial charge in [0.15, 0.2) is 0 Å². The average molecular weight is 260 g/mol. The Bertz CT molecular complexity index is 440. The molecule has 0 amide bonds. The average Bonchev–Trinajstić information content (AvgIpc) is 2.60. The van der Waals surface area contributed by atoms with Crippen LogP contribution in [0.4, 0.5) is 0 Å². The van der Waals surface area contributed by atoms with Crippen LogP contribution in [-0.2, 0) is 6.42 Å². The van der Waals surface area contributed by atoms with E-state index < -0.39 is 0 Å². The van der Waals surface area contributed by atoms with E-state index in [0.29, 0.717) is 0 Å². The van der Waals surface area contributed by atoms with E-state index in [2.05, 4.69) is 48.3 Å². The van der Waals surface area contributed by atoms with Crippen LogP contribution in [0.1, 0.15) is 17.5 Å². The van der Waals surface area contributed by atoms with Crippen LogP contribution in [0.5, 0.6) is 5.75 Å². The molecule has 1 aliphatic heterocycles. The Morgan fingerprint density at radius 2 is 2.16 bits per heavy atom. The number of fused-ring (bicyclic) bond motifs is 1. The second-order valence-electron chi connectivity index (χ2n) is 5.32. The lowest BCUT2D eigenvalue weighted by Gasteiger charge is -2.20. The summed E-state index contributed by atoms with van der Waals surface area (Å²) in [6.45, 7) is 3.36. The van der Waals surface area contributed by atoms with Crippen molar-refractivity contribution in [3.05, 3.63) is 35.5 Å². The van der Waals surface area contributed by atoms with E-state index in [1.165, 1.54) is 17.5 Å². The van der Waals surface area contributed by atoms with Gasteiger partial charge in [-0.2, -0.15) is 0 Å². The molecule has 0 N–H and O–H groups in total. The molecule has 2 rings (SSSR count). The molecule has 3 nitrogen and oxygen atoms in total. The molecule has 0 unspecified atom stereocenters. The Morgan fingerprint density at radius 1 is 1.32 bits per heavy atom. The zero-order valence-corrected chi connectivity index (χ0v) is 12.2. The maximum absolute atomic E-state index is 5.30. The quantitative estimate of drug-likeness (QED) is 0.809. The largest absolute Gasteiger partial charge is 0.497 e. The molecule has 1 aliphatic rings. The summed E-state index contributed by atoms with van der Waals surface area (Å²) in [4.78, 5) is 4.65. The number of rotatable bonds is 5. The highest BCUT2D eigenvalue weighted by molar-refractivity contribution is 5.56. The summed E-state index contributed by atoms with van der Waals surface area (Å²) >= 11 is 0. The number of ether oxygens (including phenoxy) is 1. The molecule has 0 saturated heterocycles. The second-order valence-corrected chi connectivity index (χ2v) is 5.32. The molecule has 0 fully saturated rings. The third-order valence-corrected chi connectivity index (χ3v) is 3.53. The molecule has 19 heavy (non-hydrogen) atoms. The minimum Gasteiger partial charge on any atom is -0.497 e. The fourth-order valence-corrected chi connectivity index (χ4v) is 2.39. The molecule has 0 aromatic heterocycles. The van der Waals surface area contributed by atoms with E-state index in [-0.39, 0.29) is 0 Å². The van der Waals surface area contributed by atoms with Crippen molar-refractivity contribution >= 4 is 6.08 Å². The van der Waals surface area contributed by atoms with Crippen LogP contribution in [-0.4, -0.2) is 50.6 Å². The van der Waals surface area contributed by atoms with Crippen LogP contribution >= 0.6 is 0 Å². The summed E-state index contributed by atoms with van der Waals surface area (Å²) < 4.78 is 5.30. The molecule has 0 aliphatic carbocycles. The molecule has 104 valence electrons. The number of hydrogen-bond acceptors (Lipinski definition) is 3. The molecular weight excluding hydrogens is 236 g/mol. The second kappa shape index (κ2) is 6.62. The van der Waals surface area contributed by atoms with Gasteiger partial charge in [0.2, 0.25) is 0 Å². The van der Waals surface area contributed by atoms with E-state index in [0.717, 1.165) is 31.8 Å². The normalized spacial score (nSPS) is 14.4. The summed E-state index contributed by atoms with van der Waals surface area (Å²) in [6, 6.07) is 6.34. The van der Waals surface area contributed by atoms with Gasteiger partial charge in [-0.15, -0.1) is 0 Å². The Labute approximate surface area is 116 Å². The fraction of sp³-hybridized carbons (Fsp3) is 0.500. The van der Waals surface area contributed by atoms with Crippen molar-refractivity contribution in [2.24, 2.45) is 0 Å². The lowest BCUT2D eigenvalue weighted by Crippen LogP contribution is -2.24. The van der Waals surface area contributed by atoms with Crippen LogP contribution in [0.25, 0.3) is 6.08 Å². The molecule has 0 atom stereocenters. The van der Waals surface area contributed by atoms with Crippen LogP contribution in [0.15, 0.2) is 24.4 Å². The van der Waals surface area contributed by atoms with Gasteiger partial charge in [0.05, 0.1) is 7.11 Å². The summed E-state index contributed by atoms with van der Waals surface area (Å²) in [5.41, 5.74) is 2.70. The Balaban J connectivity index is 1.95. The van der Waals surface area contributed by atoms with Gasteiger partial charge in [-0.1, -0.05) is 6.07 Å². The molecule has 1 aromatic rings. The van der Waals surface area contributed by atoms with Crippen LogP contribution < -0.4 is 4.74 Å². The van der Waals surface area contributed by atoms with Gasteiger partial charge in [0.1, 0.15) is 5.75 Å². The predicted molar refractivity (Wildman–Crippen MR) is 80.5 cm³/mol. The van der Waals surface area contributed by atoms with Gasteiger partial charge in [-0.3, -0.25) is 0 Å². The number of hydrogen-bond donors (Lipinski definition) is 0. The van der Waals surface area contributed by atoms with Crippen molar-refractivity contribution < 1.29 is 4.74 Å². The summed E-state index contributed by atoms with van der Waals surface area (Å²) in [5.74, 6) is 0.952. The van der Waals surface area contributed by atoms with Crippen molar-refractivity contribution in [3.63, 3.8) is 0 Å². The lowest BCUT2D eigenvalue weighted by molar-refractivity contribution is 0.330. The number of benzene rings is 1. The molecule has 0 radical (unpaired) electrons. The monoisotopic (exact) mass is 260 g/mol. The van der Waals surface area contributed by atoms with Crippen molar-refractivity contribution in [2.45, 2.75) is 12.8 Å². The van der Waals surface area contributed by atoms with Crippen molar-refractivity contribution in [1.82, 2.24) is 9.80 Å². The van der Waals surface area contributed by atoms with Gasteiger partial charge in [0, 0.05) is 13.1 Å². The maximum atomic E-state index is 5.30. The van der Waals surface area contributed by atoms with Gasteiger partial charge in [-0.25, -0.2) is 0 Å². The first kappa shape index (κ1) is 13.9. The first-order valence-corrected chi connectivity index (χ1v) is 6.93. The Hall–Kier alpha value is -1.48. The van der Waals surface area contributed by atoms with E-state index >= 15 is 0 Å². The molecular formula is C16H24N2O. The van der Waals surface area contributed by atoms with Gasteiger partial charge in [-0.05, 0) is 69.0 Å². The highest BCUT2D eigenvalue weighted by Crippen LogP contribution is 2.22. The van der Waals surface area contributed by atoms with Crippen LogP contribution in [0.3, 0.4) is 0 Å². The summed E-state index contributed by atoms with van der Waals surface area (Å²) in [5, 5.41) is 0. The van der Waals surface area contributed by atoms with Crippen molar-refractivity contribution in [3.8, 4) is 5.75 Å². The number of methoxy groups -OCH3 is 1. The molecule has 0 bridgehead atoms. The summed E-state index contributed by atoms with van der Waals surface area (Å²) in [6.07, 6.45) is 6.74. The topological polar surface area (TPSA) is 15.7 Å². The number of nitrogens with zero attached hydrogens (tertiary/aromatic N) is 2. The van der Waals surface area contributed by atoms with E-state index in [9.17, 15) is 0 Å². The highest BCUT2D eigenvalue weighted by atomic mass is 16.5. The van der Waals surface area contributed by atoms with Gasteiger partial charge >= 0.3 is 0 Å². The van der Waals surface area contributed by atoms with E-state index in [4.69, 9.17) is 4.74 Å². The van der Waals surface area contributed by atoms with Crippen molar-refractivity contribution in [2.75, 3.05) is 40.8 Å². The molecule has 0 spiro atoms.